The number of pyridine rings is 1. The second-order valence-corrected chi connectivity index (χ2v) is 7.04. The Morgan fingerprint density at radius 1 is 0.818 bits per heavy atom. The molecule has 0 saturated carbocycles. The van der Waals surface area contributed by atoms with E-state index in [0.717, 1.165) is 12.2 Å². The van der Waals surface area contributed by atoms with Crippen LogP contribution in [0.1, 0.15) is 18.9 Å². The Balaban J connectivity index is 1.44. The molecule has 0 aliphatic rings. The van der Waals surface area contributed by atoms with E-state index in [1.54, 1.807) is 36.5 Å². The van der Waals surface area contributed by atoms with E-state index in [9.17, 15) is 9.59 Å². The molecule has 1 aromatic heterocycles. The summed E-state index contributed by atoms with van der Waals surface area (Å²) in [5, 5.41) is 5.28. The standard InChI is InChI=1S/C25H27N3O5/c1-2-15-31-21-10-12-22(13-11-21)33-25-19(7-6-14-26-25)16-27-23(29)17-28-24(30)18-32-20-8-4-3-5-9-20/h3-14H,2,15-18H2,1H3,(H,27,29)(H,28,30). The first kappa shape index (κ1) is 23.6. The summed E-state index contributed by atoms with van der Waals surface area (Å²) >= 11 is 0. The molecule has 0 aliphatic carbocycles. The van der Waals surface area contributed by atoms with Crippen molar-refractivity contribution in [2.24, 2.45) is 0 Å². The van der Waals surface area contributed by atoms with Crippen molar-refractivity contribution in [3.05, 3.63) is 78.5 Å². The van der Waals surface area contributed by atoms with Gasteiger partial charge in [-0.2, -0.15) is 0 Å². The number of ether oxygens (including phenoxy) is 3. The molecule has 3 aromatic rings. The zero-order valence-electron chi connectivity index (χ0n) is 18.5. The van der Waals surface area contributed by atoms with Crippen molar-refractivity contribution in [2.75, 3.05) is 19.8 Å². The van der Waals surface area contributed by atoms with Crippen LogP contribution in [0.5, 0.6) is 23.1 Å². The largest absolute Gasteiger partial charge is 0.494 e. The maximum absolute atomic E-state index is 12.1. The Morgan fingerprint density at radius 3 is 2.30 bits per heavy atom. The van der Waals surface area contributed by atoms with Crippen molar-refractivity contribution in [2.45, 2.75) is 19.9 Å². The molecule has 0 fully saturated rings. The minimum Gasteiger partial charge on any atom is -0.494 e. The van der Waals surface area contributed by atoms with Crippen molar-refractivity contribution in [3.63, 3.8) is 0 Å². The van der Waals surface area contributed by atoms with Crippen LogP contribution in [-0.4, -0.2) is 36.6 Å². The molecule has 2 aromatic carbocycles. The molecule has 0 bridgehead atoms. The van der Waals surface area contributed by atoms with Gasteiger partial charge in [-0.3, -0.25) is 9.59 Å². The van der Waals surface area contributed by atoms with Crippen LogP contribution in [0, 0.1) is 0 Å². The van der Waals surface area contributed by atoms with Gasteiger partial charge in [0.25, 0.3) is 5.91 Å². The lowest BCUT2D eigenvalue weighted by Crippen LogP contribution is -2.38. The van der Waals surface area contributed by atoms with Gasteiger partial charge in [0.15, 0.2) is 6.61 Å². The normalized spacial score (nSPS) is 10.2. The van der Waals surface area contributed by atoms with Crippen molar-refractivity contribution >= 4 is 11.8 Å². The molecule has 0 atom stereocenters. The highest BCUT2D eigenvalue weighted by Crippen LogP contribution is 2.25. The number of hydrogen-bond acceptors (Lipinski definition) is 6. The summed E-state index contributed by atoms with van der Waals surface area (Å²) in [6.07, 6.45) is 2.55. The average molecular weight is 450 g/mol. The van der Waals surface area contributed by atoms with Gasteiger partial charge < -0.3 is 24.8 Å². The zero-order valence-corrected chi connectivity index (χ0v) is 18.5. The maximum Gasteiger partial charge on any atom is 0.258 e. The van der Waals surface area contributed by atoms with Gasteiger partial charge in [-0.05, 0) is 48.9 Å². The molecule has 0 spiro atoms. The molecule has 0 radical (unpaired) electrons. The van der Waals surface area contributed by atoms with Gasteiger partial charge in [0.05, 0.1) is 13.2 Å². The summed E-state index contributed by atoms with van der Waals surface area (Å²) in [5.74, 6) is 1.63. The Labute approximate surface area is 192 Å². The van der Waals surface area contributed by atoms with Gasteiger partial charge in [0, 0.05) is 18.3 Å². The first-order chi connectivity index (χ1) is 16.1. The van der Waals surface area contributed by atoms with E-state index in [1.807, 2.05) is 43.3 Å². The van der Waals surface area contributed by atoms with Crippen LogP contribution in [0.2, 0.25) is 0 Å². The van der Waals surface area contributed by atoms with Crippen LogP contribution in [0.15, 0.2) is 72.9 Å². The minimum absolute atomic E-state index is 0.160. The van der Waals surface area contributed by atoms with E-state index >= 15 is 0 Å². The molecular weight excluding hydrogens is 422 g/mol. The smallest absolute Gasteiger partial charge is 0.258 e. The average Bonchev–Trinajstić information content (AvgIpc) is 2.86. The lowest BCUT2D eigenvalue weighted by Gasteiger charge is -2.12. The first-order valence-electron chi connectivity index (χ1n) is 10.7. The number of para-hydroxylation sites is 1. The van der Waals surface area contributed by atoms with E-state index in [2.05, 4.69) is 15.6 Å². The highest BCUT2D eigenvalue weighted by molar-refractivity contribution is 5.85. The van der Waals surface area contributed by atoms with Crippen LogP contribution < -0.4 is 24.8 Å². The van der Waals surface area contributed by atoms with Crippen LogP contribution in [0.4, 0.5) is 0 Å². The lowest BCUT2D eigenvalue weighted by atomic mass is 10.2. The predicted molar refractivity (Wildman–Crippen MR) is 123 cm³/mol. The van der Waals surface area contributed by atoms with E-state index in [1.165, 1.54) is 0 Å². The maximum atomic E-state index is 12.1. The van der Waals surface area contributed by atoms with Gasteiger partial charge in [0.1, 0.15) is 17.2 Å². The number of nitrogens with one attached hydrogen (secondary N) is 2. The molecule has 33 heavy (non-hydrogen) atoms. The fourth-order valence-corrected chi connectivity index (χ4v) is 2.74. The highest BCUT2D eigenvalue weighted by Gasteiger charge is 2.10. The number of rotatable bonds is 12. The summed E-state index contributed by atoms with van der Waals surface area (Å²) < 4.78 is 16.8. The second-order valence-electron chi connectivity index (χ2n) is 7.04. The number of amides is 2. The van der Waals surface area contributed by atoms with Crippen LogP contribution in [0.25, 0.3) is 0 Å². The lowest BCUT2D eigenvalue weighted by molar-refractivity contribution is -0.127. The molecule has 172 valence electrons. The van der Waals surface area contributed by atoms with Gasteiger partial charge in [-0.1, -0.05) is 31.2 Å². The molecule has 0 aliphatic heterocycles. The Bertz CT molecular complexity index is 1030. The second kappa shape index (κ2) is 12.7. The number of carbonyl (C=O) groups is 2. The molecule has 0 unspecified atom stereocenters. The molecule has 2 amide bonds. The monoisotopic (exact) mass is 449 g/mol. The quantitative estimate of drug-likeness (QED) is 0.439. The van der Waals surface area contributed by atoms with E-state index in [0.29, 0.717) is 29.5 Å². The summed E-state index contributed by atoms with van der Waals surface area (Å²) in [7, 11) is 0. The van der Waals surface area contributed by atoms with Crippen molar-refractivity contribution < 1.29 is 23.8 Å². The van der Waals surface area contributed by atoms with Crippen molar-refractivity contribution in [1.29, 1.82) is 0 Å². The molecule has 2 N–H and O–H groups in total. The Morgan fingerprint density at radius 2 is 1.55 bits per heavy atom. The third-order valence-electron chi connectivity index (χ3n) is 4.40. The SMILES string of the molecule is CCCOc1ccc(Oc2ncccc2CNC(=O)CNC(=O)COc2ccccc2)cc1. The third-order valence-corrected chi connectivity index (χ3v) is 4.40. The first-order valence-corrected chi connectivity index (χ1v) is 10.7. The number of carbonyl (C=O) groups excluding carboxylic acids is 2. The predicted octanol–water partition coefficient (Wildman–Crippen LogP) is 3.47. The summed E-state index contributed by atoms with van der Waals surface area (Å²) in [6, 6.07) is 19.8. The number of hydrogen-bond donors (Lipinski definition) is 2. The zero-order chi connectivity index (χ0) is 23.3. The number of aromatic nitrogens is 1. The van der Waals surface area contributed by atoms with Gasteiger partial charge in [-0.25, -0.2) is 4.98 Å². The summed E-state index contributed by atoms with van der Waals surface area (Å²) in [4.78, 5) is 28.3. The summed E-state index contributed by atoms with van der Waals surface area (Å²) in [5.41, 5.74) is 0.705. The summed E-state index contributed by atoms with van der Waals surface area (Å²) in [6.45, 7) is 2.58. The minimum atomic E-state index is -0.384. The van der Waals surface area contributed by atoms with Crippen molar-refractivity contribution in [1.82, 2.24) is 15.6 Å². The van der Waals surface area contributed by atoms with Gasteiger partial charge >= 0.3 is 0 Å². The van der Waals surface area contributed by atoms with Crippen LogP contribution in [-0.2, 0) is 16.1 Å². The molecule has 3 rings (SSSR count). The molecule has 0 saturated heterocycles. The van der Waals surface area contributed by atoms with E-state index in [4.69, 9.17) is 14.2 Å². The van der Waals surface area contributed by atoms with Gasteiger partial charge in [-0.15, -0.1) is 0 Å². The molecule has 8 heteroatoms. The fourth-order valence-electron chi connectivity index (χ4n) is 2.74. The Kier molecular flexibility index (Phi) is 9.08. The number of nitrogens with zero attached hydrogens (tertiary/aromatic N) is 1. The fraction of sp³-hybridized carbons (Fsp3) is 0.240. The van der Waals surface area contributed by atoms with Crippen molar-refractivity contribution in [3.8, 4) is 23.1 Å². The molecular formula is C25H27N3O5. The molecule has 1 heterocycles. The van der Waals surface area contributed by atoms with Crippen LogP contribution >= 0.6 is 0 Å². The van der Waals surface area contributed by atoms with Gasteiger partial charge in [0.2, 0.25) is 11.8 Å². The van der Waals surface area contributed by atoms with E-state index in [-0.39, 0.29) is 31.5 Å². The Hall–Kier alpha value is -4.07. The topological polar surface area (TPSA) is 98.8 Å². The number of benzene rings is 2. The highest BCUT2D eigenvalue weighted by atomic mass is 16.5. The third kappa shape index (κ3) is 8.17. The van der Waals surface area contributed by atoms with Crippen LogP contribution in [0.3, 0.4) is 0 Å². The molecule has 8 nitrogen and oxygen atoms in total. The van der Waals surface area contributed by atoms with E-state index < -0.39 is 0 Å².